The van der Waals surface area contributed by atoms with Crippen LogP contribution in [0.15, 0.2) is 24.3 Å². The minimum atomic E-state index is -3.07. The average molecular weight is 407 g/mol. The first-order chi connectivity index (χ1) is 13.5. The zero-order valence-electron chi connectivity index (χ0n) is 16.3. The Kier molecular flexibility index (Phi) is 5.92. The molecule has 0 atom stereocenters. The predicted octanol–water partition coefficient (Wildman–Crippen LogP) is 3.54. The number of carbonyl (C=O) groups excluding carboxylic acids is 1. The number of nitrogens with one attached hydrogen (secondary N) is 1. The van der Waals surface area contributed by atoms with Gasteiger partial charge in [0.15, 0.2) is 0 Å². The van der Waals surface area contributed by atoms with E-state index in [1.54, 1.807) is 4.31 Å². The lowest BCUT2D eigenvalue weighted by Crippen LogP contribution is -2.40. The minimum absolute atomic E-state index is 0.0344. The number of rotatable bonds is 5. The Morgan fingerprint density at radius 3 is 2.25 bits per heavy atom. The van der Waals surface area contributed by atoms with Crippen LogP contribution in [-0.2, 0) is 14.8 Å². The number of benzene rings is 1. The molecule has 1 saturated heterocycles. The maximum Gasteiger partial charge on any atom is 0.227 e. The lowest BCUT2D eigenvalue weighted by Gasteiger charge is -2.33. The first-order valence-corrected chi connectivity index (χ1v) is 12.2. The fourth-order valence-electron chi connectivity index (χ4n) is 4.75. The Bertz CT molecular complexity index is 779. The number of nitrogens with zero attached hydrogens (tertiary/aromatic N) is 1. The van der Waals surface area contributed by atoms with Gasteiger partial charge in [-0.15, -0.1) is 0 Å². The Hall–Kier alpha value is -1.60. The van der Waals surface area contributed by atoms with Crippen molar-refractivity contribution in [2.75, 3.05) is 17.6 Å². The molecule has 1 amide bonds. The van der Waals surface area contributed by atoms with E-state index in [9.17, 15) is 13.2 Å². The highest BCUT2D eigenvalue weighted by Gasteiger charge is 2.37. The summed E-state index contributed by atoms with van der Waals surface area (Å²) in [6, 6.07) is 7.70. The number of carbonyl (C=O) groups is 1. The van der Waals surface area contributed by atoms with Crippen molar-refractivity contribution in [1.29, 1.82) is 0 Å². The van der Waals surface area contributed by atoms with Crippen LogP contribution in [0, 0.1) is 5.92 Å². The van der Waals surface area contributed by atoms with Gasteiger partial charge in [0.25, 0.3) is 0 Å². The number of hydrogen-bond acceptors (Lipinski definition) is 4. The molecular weight excluding hydrogens is 376 g/mol. The Balaban J connectivity index is 1.26. The van der Waals surface area contributed by atoms with E-state index in [1.807, 2.05) is 24.3 Å². The first-order valence-electron chi connectivity index (χ1n) is 10.6. The zero-order chi connectivity index (χ0) is 19.6. The van der Waals surface area contributed by atoms with Crippen LogP contribution in [-0.4, -0.2) is 43.1 Å². The largest absolute Gasteiger partial charge is 0.490 e. The van der Waals surface area contributed by atoms with Gasteiger partial charge in [0, 0.05) is 24.2 Å². The lowest BCUT2D eigenvalue weighted by atomic mass is 9.85. The maximum atomic E-state index is 12.6. The molecule has 0 spiro atoms. The summed E-state index contributed by atoms with van der Waals surface area (Å²) in [5.41, 5.74) is 0.785. The van der Waals surface area contributed by atoms with Crippen molar-refractivity contribution >= 4 is 21.6 Å². The van der Waals surface area contributed by atoms with E-state index in [4.69, 9.17) is 4.74 Å². The van der Waals surface area contributed by atoms with Crippen LogP contribution in [0.5, 0.6) is 5.75 Å². The number of anilines is 1. The summed E-state index contributed by atoms with van der Waals surface area (Å²) >= 11 is 0. The second-order valence-corrected chi connectivity index (χ2v) is 10.4. The maximum absolute atomic E-state index is 12.6. The molecule has 3 fully saturated rings. The molecule has 154 valence electrons. The van der Waals surface area contributed by atoms with Crippen molar-refractivity contribution in [3.63, 3.8) is 0 Å². The van der Waals surface area contributed by atoms with E-state index in [0.29, 0.717) is 12.6 Å². The fourth-order valence-corrected chi connectivity index (χ4v) is 6.56. The first kappa shape index (κ1) is 19.7. The third kappa shape index (κ3) is 4.51. The van der Waals surface area contributed by atoms with Gasteiger partial charge >= 0.3 is 0 Å². The number of amides is 1. The smallest absolute Gasteiger partial charge is 0.227 e. The average Bonchev–Trinajstić information content (AvgIpc) is 3.32. The summed E-state index contributed by atoms with van der Waals surface area (Å²) in [7, 11) is -3.07. The molecule has 1 aromatic carbocycles. The summed E-state index contributed by atoms with van der Waals surface area (Å²) < 4.78 is 31.8. The molecule has 1 aliphatic heterocycles. The van der Waals surface area contributed by atoms with Crippen LogP contribution in [0.2, 0.25) is 0 Å². The fraction of sp³-hybridized carbons (Fsp3) is 0.667. The molecule has 1 N–H and O–H groups in total. The SMILES string of the molecule is O=C(Nc1ccc(OC2CCCC2)cc1)[C@H]1CC[C@H](N2CCCS2(=O)=O)CC1. The molecule has 2 saturated carbocycles. The number of hydrogen-bond donors (Lipinski definition) is 1. The molecule has 0 aromatic heterocycles. The van der Waals surface area contributed by atoms with Crippen molar-refractivity contribution < 1.29 is 17.9 Å². The molecule has 7 heteroatoms. The number of sulfonamides is 1. The summed E-state index contributed by atoms with van der Waals surface area (Å²) in [4.78, 5) is 12.6. The second-order valence-electron chi connectivity index (χ2n) is 8.32. The van der Waals surface area contributed by atoms with Crippen molar-refractivity contribution in [2.45, 2.75) is 69.9 Å². The van der Waals surface area contributed by atoms with Crippen molar-refractivity contribution in [3.05, 3.63) is 24.3 Å². The molecule has 2 aliphatic carbocycles. The minimum Gasteiger partial charge on any atom is -0.490 e. The van der Waals surface area contributed by atoms with Gasteiger partial charge in [0.05, 0.1) is 11.9 Å². The highest BCUT2D eigenvalue weighted by molar-refractivity contribution is 7.89. The van der Waals surface area contributed by atoms with E-state index < -0.39 is 10.0 Å². The third-order valence-electron chi connectivity index (χ3n) is 6.34. The molecule has 0 unspecified atom stereocenters. The molecule has 3 aliphatic rings. The van der Waals surface area contributed by atoms with Crippen LogP contribution >= 0.6 is 0 Å². The van der Waals surface area contributed by atoms with Crippen LogP contribution in [0.1, 0.15) is 57.8 Å². The van der Waals surface area contributed by atoms with E-state index in [2.05, 4.69) is 5.32 Å². The standard InChI is InChI=1S/C21H30N2O4S/c24-21(16-6-10-18(11-7-16)23-14-3-15-28(23,25)26)22-17-8-12-20(13-9-17)27-19-4-1-2-5-19/h8-9,12-13,16,18-19H,1-7,10-11,14-15H2,(H,22,24)/t16-,18-. The van der Waals surface area contributed by atoms with Gasteiger partial charge in [-0.25, -0.2) is 8.42 Å². The van der Waals surface area contributed by atoms with Crippen LogP contribution < -0.4 is 10.1 Å². The highest BCUT2D eigenvalue weighted by Crippen LogP contribution is 2.32. The number of ether oxygens (including phenoxy) is 1. The quantitative estimate of drug-likeness (QED) is 0.811. The molecule has 0 bridgehead atoms. The van der Waals surface area contributed by atoms with Gasteiger partial charge in [-0.1, -0.05) is 0 Å². The van der Waals surface area contributed by atoms with E-state index >= 15 is 0 Å². The summed E-state index contributed by atoms with van der Waals surface area (Å²) in [5.74, 6) is 1.12. The topological polar surface area (TPSA) is 75.7 Å². The molecule has 0 radical (unpaired) electrons. The monoisotopic (exact) mass is 406 g/mol. The van der Waals surface area contributed by atoms with Gasteiger partial charge in [-0.05, 0) is 82.1 Å². The summed E-state index contributed by atoms with van der Waals surface area (Å²) in [6.07, 6.45) is 8.81. The van der Waals surface area contributed by atoms with Crippen molar-refractivity contribution in [1.82, 2.24) is 4.31 Å². The van der Waals surface area contributed by atoms with Gasteiger partial charge in [0.2, 0.25) is 15.9 Å². The van der Waals surface area contributed by atoms with E-state index in [1.165, 1.54) is 12.8 Å². The van der Waals surface area contributed by atoms with Crippen LogP contribution in [0.3, 0.4) is 0 Å². The van der Waals surface area contributed by atoms with Crippen molar-refractivity contribution in [2.24, 2.45) is 5.92 Å². The van der Waals surface area contributed by atoms with Gasteiger partial charge < -0.3 is 10.1 Å². The van der Waals surface area contributed by atoms with Gasteiger partial charge in [0.1, 0.15) is 5.75 Å². The van der Waals surface area contributed by atoms with E-state index in [0.717, 1.165) is 56.4 Å². The zero-order valence-corrected chi connectivity index (χ0v) is 17.1. The Labute approximate surface area is 167 Å². The van der Waals surface area contributed by atoms with E-state index in [-0.39, 0.29) is 23.6 Å². The second kappa shape index (κ2) is 8.41. The molecule has 6 nitrogen and oxygen atoms in total. The van der Waals surface area contributed by atoms with Gasteiger partial charge in [-0.3, -0.25) is 4.79 Å². The Morgan fingerprint density at radius 2 is 1.64 bits per heavy atom. The van der Waals surface area contributed by atoms with Crippen LogP contribution in [0.25, 0.3) is 0 Å². The normalized spacial score (nSPS) is 28.3. The lowest BCUT2D eigenvalue weighted by molar-refractivity contribution is -0.121. The van der Waals surface area contributed by atoms with Crippen LogP contribution in [0.4, 0.5) is 5.69 Å². The molecular formula is C21H30N2O4S. The third-order valence-corrected chi connectivity index (χ3v) is 8.34. The van der Waals surface area contributed by atoms with Gasteiger partial charge in [-0.2, -0.15) is 4.31 Å². The highest BCUT2D eigenvalue weighted by atomic mass is 32.2. The Morgan fingerprint density at radius 1 is 0.964 bits per heavy atom. The molecule has 1 aromatic rings. The summed E-state index contributed by atoms with van der Waals surface area (Å²) in [6.45, 7) is 0.638. The molecule has 1 heterocycles. The molecule has 28 heavy (non-hydrogen) atoms. The predicted molar refractivity (Wildman–Crippen MR) is 109 cm³/mol. The summed E-state index contributed by atoms with van der Waals surface area (Å²) in [5, 5.41) is 3.01. The van der Waals surface area contributed by atoms with Crippen molar-refractivity contribution in [3.8, 4) is 5.75 Å². The molecule has 4 rings (SSSR count).